The van der Waals surface area contributed by atoms with Crippen LogP contribution in [0.2, 0.25) is 0 Å². The van der Waals surface area contributed by atoms with Gasteiger partial charge >= 0.3 is 0 Å². The summed E-state index contributed by atoms with van der Waals surface area (Å²) in [6.45, 7) is 2.00. The van der Waals surface area contributed by atoms with Crippen molar-refractivity contribution >= 4 is 23.1 Å². The number of aromatic nitrogens is 2. The van der Waals surface area contributed by atoms with Gasteiger partial charge in [0.2, 0.25) is 0 Å². The van der Waals surface area contributed by atoms with Gasteiger partial charge in [-0.3, -0.25) is 0 Å². The third kappa shape index (κ3) is 2.83. The van der Waals surface area contributed by atoms with E-state index >= 15 is 0 Å². The molecule has 0 aliphatic carbocycles. The Hall–Kier alpha value is -0.980. The molecule has 2 aromatic rings. The second-order valence-corrected chi connectivity index (χ2v) is 5.57. The molecule has 1 heterocycles. The van der Waals surface area contributed by atoms with Crippen molar-refractivity contribution in [1.29, 1.82) is 0 Å². The molecule has 3 nitrogen and oxygen atoms in total. The summed E-state index contributed by atoms with van der Waals surface area (Å²) in [7, 11) is 1.86. The van der Waals surface area contributed by atoms with Gasteiger partial charge in [0.1, 0.15) is 11.3 Å². The molecule has 2 rings (SSSR count). The van der Waals surface area contributed by atoms with Crippen LogP contribution in [0.1, 0.15) is 18.5 Å². The van der Waals surface area contributed by atoms with Crippen LogP contribution < -0.4 is 5.32 Å². The molecule has 1 atom stereocenters. The molecule has 0 spiro atoms. The maximum Gasteiger partial charge on any atom is 0.178 e. The minimum atomic E-state index is -0.218. The first kappa shape index (κ1) is 12.5. The summed E-state index contributed by atoms with van der Waals surface area (Å²) in [4.78, 5) is 0.617. The summed E-state index contributed by atoms with van der Waals surface area (Å²) in [6.07, 6.45) is 0. The highest BCUT2D eigenvalue weighted by Crippen LogP contribution is 2.35. The molecule has 1 unspecified atom stereocenters. The van der Waals surface area contributed by atoms with Crippen LogP contribution in [0.25, 0.3) is 0 Å². The lowest BCUT2D eigenvalue weighted by molar-refractivity contribution is 0.576. The normalized spacial score (nSPS) is 12.6. The number of hydrogen-bond donors (Lipinski definition) is 1. The van der Waals surface area contributed by atoms with Crippen LogP contribution in [0.4, 0.5) is 4.39 Å². The molecule has 0 bridgehead atoms. The van der Waals surface area contributed by atoms with E-state index in [1.807, 2.05) is 20.0 Å². The minimum absolute atomic E-state index is 0.0983. The third-order valence-electron chi connectivity index (χ3n) is 2.43. The van der Waals surface area contributed by atoms with E-state index < -0.39 is 0 Å². The van der Waals surface area contributed by atoms with Crippen LogP contribution in [0.3, 0.4) is 0 Å². The fourth-order valence-electron chi connectivity index (χ4n) is 1.42. The Kier molecular flexibility index (Phi) is 4.09. The fourth-order valence-corrected chi connectivity index (χ4v) is 3.07. The van der Waals surface area contributed by atoms with Crippen LogP contribution in [0, 0.1) is 5.82 Å². The molecule has 6 heteroatoms. The van der Waals surface area contributed by atoms with Crippen molar-refractivity contribution in [2.75, 3.05) is 7.05 Å². The summed E-state index contributed by atoms with van der Waals surface area (Å²) in [5, 5.41) is 10.8. The zero-order valence-corrected chi connectivity index (χ0v) is 11.1. The first-order valence-electron chi connectivity index (χ1n) is 5.12. The van der Waals surface area contributed by atoms with E-state index in [2.05, 4.69) is 15.5 Å². The van der Waals surface area contributed by atoms with Crippen molar-refractivity contribution < 1.29 is 4.39 Å². The monoisotopic (exact) mass is 269 g/mol. The number of rotatable bonds is 4. The molecule has 0 saturated heterocycles. The van der Waals surface area contributed by atoms with E-state index in [-0.39, 0.29) is 11.9 Å². The lowest BCUT2D eigenvalue weighted by Gasteiger charge is -2.15. The van der Waals surface area contributed by atoms with Gasteiger partial charge in [-0.15, -0.1) is 10.2 Å². The smallest absolute Gasteiger partial charge is 0.178 e. The summed E-state index contributed by atoms with van der Waals surface area (Å²) in [5.74, 6) is -0.218. The van der Waals surface area contributed by atoms with Crippen molar-refractivity contribution in [3.63, 3.8) is 0 Å². The number of halogens is 1. The Labute approximate surface area is 107 Å². The van der Waals surface area contributed by atoms with Gasteiger partial charge in [0.25, 0.3) is 0 Å². The first-order chi connectivity index (χ1) is 8.22. The lowest BCUT2D eigenvalue weighted by Crippen LogP contribution is -2.13. The highest BCUT2D eigenvalue weighted by Gasteiger charge is 2.15. The predicted molar refractivity (Wildman–Crippen MR) is 67.9 cm³/mol. The maximum atomic E-state index is 13.8. The molecule has 17 heavy (non-hydrogen) atoms. The summed E-state index contributed by atoms with van der Waals surface area (Å²) < 4.78 is 14.6. The van der Waals surface area contributed by atoms with Crippen LogP contribution in [-0.2, 0) is 0 Å². The Morgan fingerprint density at radius 1 is 1.47 bits per heavy atom. The molecule has 90 valence electrons. The molecular weight excluding hydrogens is 257 g/mol. The standard InChI is InChI=1S/C11H12FN3S2/c1-7(13-2)8-4-3-5-9(12)10(8)17-11-15-14-6-16-11/h3-7,13H,1-2H3. The Bertz CT molecular complexity index is 487. The maximum absolute atomic E-state index is 13.8. The summed E-state index contributed by atoms with van der Waals surface area (Å²) >= 11 is 2.73. The van der Waals surface area contributed by atoms with E-state index in [4.69, 9.17) is 0 Å². The van der Waals surface area contributed by atoms with Crippen molar-refractivity contribution in [3.8, 4) is 0 Å². The zero-order valence-electron chi connectivity index (χ0n) is 9.48. The molecule has 1 aromatic carbocycles. The highest BCUT2D eigenvalue weighted by atomic mass is 32.2. The van der Waals surface area contributed by atoms with Crippen molar-refractivity contribution in [3.05, 3.63) is 35.1 Å². The molecule has 1 aromatic heterocycles. The number of benzene rings is 1. The van der Waals surface area contributed by atoms with Crippen molar-refractivity contribution in [2.24, 2.45) is 0 Å². The van der Waals surface area contributed by atoms with E-state index in [0.717, 1.165) is 9.90 Å². The van der Waals surface area contributed by atoms with Gasteiger partial charge in [0, 0.05) is 6.04 Å². The first-order valence-corrected chi connectivity index (χ1v) is 6.81. The van der Waals surface area contributed by atoms with Crippen molar-refractivity contribution in [2.45, 2.75) is 22.2 Å². The molecule has 0 amide bonds. The molecule has 0 saturated carbocycles. The van der Waals surface area contributed by atoms with Crippen LogP contribution in [0.5, 0.6) is 0 Å². The molecule has 0 aliphatic heterocycles. The van der Waals surface area contributed by atoms with Gasteiger partial charge in [-0.1, -0.05) is 35.2 Å². The largest absolute Gasteiger partial charge is 0.313 e. The van der Waals surface area contributed by atoms with E-state index in [1.165, 1.54) is 29.2 Å². The minimum Gasteiger partial charge on any atom is -0.313 e. The average molecular weight is 269 g/mol. The van der Waals surface area contributed by atoms with Crippen molar-refractivity contribution in [1.82, 2.24) is 15.5 Å². The van der Waals surface area contributed by atoms with E-state index in [1.54, 1.807) is 11.6 Å². The predicted octanol–water partition coefficient (Wildman–Crippen LogP) is 3.11. The Morgan fingerprint density at radius 3 is 2.94 bits per heavy atom. The van der Waals surface area contributed by atoms with Gasteiger partial charge in [-0.25, -0.2) is 4.39 Å². The fraction of sp³-hybridized carbons (Fsp3) is 0.273. The lowest BCUT2D eigenvalue weighted by atomic mass is 10.1. The molecule has 1 N–H and O–H groups in total. The molecular formula is C11H12FN3S2. The summed E-state index contributed by atoms with van der Waals surface area (Å²) in [6, 6.07) is 5.21. The molecule has 0 radical (unpaired) electrons. The quantitative estimate of drug-likeness (QED) is 0.925. The van der Waals surface area contributed by atoms with Gasteiger partial charge in [-0.2, -0.15) is 0 Å². The van der Waals surface area contributed by atoms with E-state index in [9.17, 15) is 4.39 Å². The van der Waals surface area contributed by atoms with Gasteiger partial charge < -0.3 is 5.32 Å². The van der Waals surface area contributed by atoms with Crippen LogP contribution in [0.15, 0.2) is 32.9 Å². The topological polar surface area (TPSA) is 37.8 Å². The average Bonchev–Trinajstić information content (AvgIpc) is 2.83. The van der Waals surface area contributed by atoms with Gasteiger partial charge in [-0.05, 0) is 25.6 Å². The van der Waals surface area contributed by atoms with E-state index in [0.29, 0.717) is 4.90 Å². The van der Waals surface area contributed by atoms with Crippen LogP contribution in [-0.4, -0.2) is 17.2 Å². The number of hydrogen-bond acceptors (Lipinski definition) is 5. The number of nitrogens with one attached hydrogen (secondary N) is 1. The SMILES string of the molecule is CNC(C)c1cccc(F)c1Sc1nncs1. The second kappa shape index (κ2) is 5.57. The second-order valence-electron chi connectivity index (χ2n) is 3.48. The van der Waals surface area contributed by atoms with Gasteiger partial charge in [0.15, 0.2) is 4.34 Å². The Morgan fingerprint density at radius 2 is 2.29 bits per heavy atom. The third-order valence-corrected chi connectivity index (χ3v) is 4.34. The molecule has 0 aliphatic rings. The zero-order chi connectivity index (χ0) is 12.3. The van der Waals surface area contributed by atoms with Crippen LogP contribution >= 0.6 is 23.1 Å². The Balaban J connectivity index is 2.37. The number of nitrogens with zero attached hydrogens (tertiary/aromatic N) is 2. The highest BCUT2D eigenvalue weighted by molar-refractivity contribution is 8.01. The van der Waals surface area contributed by atoms with Gasteiger partial charge in [0.05, 0.1) is 4.90 Å². The summed E-state index contributed by atoms with van der Waals surface area (Å²) in [5.41, 5.74) is 2.58. The molecule has 0 fully saturated rings.